The van der Waals surface area contributed by atoms with Gasteiger partial charge in [-0.2, -0.15) is 17.6 Å². The first-order valence-corrected chi connectivity index (χ1v) is 9.98. The lowest BCUT2D eigenvalue weighted by atomic mass is 10.1. The van der Waals surface area contributed by atoms with E-state index in [4.69, 9.17) is 25.8 Å². The molecule has 0 aliphatic carbocycles. The van der Waals surface area contributed by atoms with Gasteiger partial charge in [0.25, 0.3) is 5.56 Å². The SMILES string of the molecule is COCCOC(=O)C(C)(C)OC(=O)c1ccccc1-n1c(=O)c(F)c(C(F)(F)F)n(CCl)c1=O. The van der Waals surface area contributed by atoms with Crippen LogP contribution in [0.3, 0.4) is 0 Å². The van der Waals surface area contributed by atoms with Gasteiger partial charge in [-0.1, -0.05) is 12.1 Å². The van der Waals surface area contributed by atoms with Gasteiger partial charge in [-0.05, 0) is 26.0 Å². The molecular weight excluding hydrogens is 492 g/mol. The molecule has 0 saturated heterocycles. The molecule has 0 bridgehead atoms. The number of para-hydroxylation sites is 1. The van der Waals surface area contributed by atoms with Crippen molar-refractivity contribution in [2.75, 3.05) is 20.3 Å². The number of alkyl halides is 4. The van der Waals surface area contributed by atoms with E-state index in [1.54, 1.807) is 0 Å². The molecule has 2 aromatic rings. The normalized spacial score (nSPS) is 11.9. The van der Waals surface area contributed by atoms with Crippen molar-refractivity contribution in [1.29, 1.82) is 0 Å². The average Bonchev–Trinajstić information content (AvgIpc) is 2.75. The van der Waals surface area contributed by atoms with Crippen LogP contribution in [-0.2, 0) is 31.2 Å². The summed E-state index contributed by atoms with van der Waals surface area (Å²) in [5.74, 6) is -4.48. The second-order valence-electron chi connectivity index (χ2n) is 7.18. The number of benzene rings is 1. The summed E-state index contributed by atoms with van der Waals surface area (Å²) < 4.78 is 68.8. The maximum absolute atomic E-state index is 14.5. The molecular formula is C20H19ClF4N2O7. The number of rotatable bonds is 8. The molecule has 0 amide bonds. The van der Waals surface area contributed by atoms with Crippen LogP contribution in [0.5, 0.6) is 0 Å². The number of nitrogens with zero attached hydrogens (tertiary/aromatic N) is 2. The first kappa shape index (κ1) is 27.1. The smallest absolute Gasteiger partial charge is 0.434 e. The van der Waals surface area contributed by atoms with Crippen LogP contribution < -0.4 is 11.2 Å². The lowest BCUT2D eigenvalue weighted by molar-refractivity contribution is -0.163. The molecule has 9 nitrogen and oxygen atoms in total. The number of methoxy groups -OCH3 is 1. The Balaban J connectivity index is 2.60. The minimum Gasteiger partial charge on any atom is -0.460 e. The van der Waals surface area contributed by atoms with E-state index in [2.05, 4.69) is 0 Å². The molecule has 14 heteroatoms. The Morgan fingerprint density at radius 2 is 1.71 bits per heavy atom. The maximum atomic E-state index is 14.5. The maximum Gasteiger partial charge on any atom is 0.434 e. The van der Waals surface area contributed by atoms with Gasteiger partial charge in [0.15, 0.2) is 5.69 Å². The van der Waals surface area contributed by atoms with Crippen molar-refractivity contribution < 1.29 is 41.4 Å². The van der Waals surface area contributed by atoms with E-state index in [9.17, 15) is 36.7 Å². The first-order valence-electron chi connectivity index (χ1n) is 9.45. The Morgan fingerprint density at radius 1 is 1.09 bits per heavy atom. The van der Waals surface area contributed by atoms with Crippen molar-refractivity contribution in [2.24, 2.45) is 0 Å². The zero-order chi connectivity index (χ0) is 25.8. The molecule has 186 valence electrons. The van der Waals surface area contributed by atoms with Crippen LogP contribution in [0.1, 0.15) is 29.9 Å². The number of hydrogen-bond acceptors (Lipinski definition) is 7. The van der Waals surface area contributed by atoms with Crippen molar-refractivity contribution >= 4 is 23.5 Å². The quantitative estimate of drug-likeness (QED) is 0.232. The van der Waals surface area contributed by atoms with Gasteiger partial charge in [0, 0.05) is 7.11 Å². The Morgan fingerprint density at radius 3 is 2.26 bits per heavy atom. The topological polar surface area (TPSA) is 106 Å². The highest BCUT2D eigenvalue weighted by Crippen LogP contribution is 2.30. The van der Waals surface area contributed by atoms with Crippen molar-refractivity contribution in [1.82, 2.24) is 9.13 Å². The Kier molecular flexibility index (Phi) is 8.26. The fraction of sp³-hybridized carbons (Fsp3) is 0.400. The monoisotopic (exact) mass is 510 g/mol. The zero-order valence-corrected chi connectivity index (χ0v) is 18.8. The predicted octanol–water partition coefficient (Wildman–Crippen LogP) is 2.48. The highest BCUT2D eigenvalue weighted by atomic mass is 35.5. The molecule has 34 heavy (non-hydrogen) atoms. The van der Waals surface area contributed by atoms with Crippen LogP contribution >= 0.6 is 11.6 Å². The third-order valence-electron chi connectivity index (χ3n) is 4.40. The minimum absolute atomic E-state index is 0.0213. The zero-order valence-electron chi connectivity index (χ0n) is 18.1. The summed E-state index contributed by atoms with van der Waals surface area (Å²) in [5, 5.41) is 0. The van der Waals surface area contributed by atoms with Crippen molar-refractivity contribution in [3.05, 3.63) is 62.2 Å². The molecule has 2 rings (SSSR count). The summed E-state index contributed by atoms with van der Waals surface area (Å²) in [6.45, 7) is 2.35. The number of hydrogen-bond donors (Lipinski definition) is 0. The molecule has 0 spiro atoms. The van der Waals surface area contributed by atoms with Crippen molar-refractivity contribution in [3.63, 3.8) is 0 Å². The van der Waals surface area contributed by atoms with Crippen molar-refractivity contribution in [2.45, 2.75) is 31.6 Å². The van der Waals surface area contributed by atoms with Gasteiger partial charge in [-0.25, -0.2) is 19.0 Å². The molecule has 0 radical (unpaired) electrons. The molecule has 0 aliphatic heterocycles. The summed E-state index contributed by atoms with van der Waals surface area (Å²) >= 11 is 5.43. The van der Waals surface area contributed by atoms with Crippen LogP contribution in [0.4, 0.5) is 17.6 Å². The second-order valence-corrected chi connectivity index (χ2v) is 7.42. The van der Waals surface area contributed by atoms with Crippen molar-refractivity contribution in [3.8, 4) is 5.69 Å². The van der Waals surface area contributed by atoms with Gasteiger partial charge in [-0.3, -0.25) is 9.36 Å². The summed E-state index contributed by atoms with van der Waals surface area (Å²) in [6.07, 6.45) is -5.40. The van der Waals surface area contributed by atoms with Crippen LogP contribution in [0.15, 0.2) is 33.9 Å². The van der Waals surface area contributed by atoms with E-state index >= 15 is 0 Å². The fourth-order valence-corrected chi connectivity index (χ4v) is 3.00. The highest BCUT2D eigenvalue weighted by Gasteiger charge is 2.41. The van der Waals surface area contributed by atoms with Crippen LogP contribution in [0.2, 0.25) is 0 Å². The van der Waals surface area contributed by atoms with Gasteiger partial charge >= 0.3 is 23.8 Å². The van der Waals surface area contributed by atoms with Crippen LogP contribution in [0.25, 0.3) is 5.69 Å². The lowest BCUT2D eigenvalue weighted by Gasteiger charge is -2.24. The Bertz CT molecular complexity index is 1200. The van der Waals surface area contributed by atoms with E-state index in [0.717, 1.165) is 12.1 Å². The molecule has 1 heterocycles. The standard InChI is InChI=1S/C20H19ClF4N2O7/c1-19(2,17(30)33-9-8-32-3)34-16(29)11-6-4-5-7-12(11)27-15(28)13(22)14(20(23,24)25)26(10-21)18(27)31/h4-7H,8-10H2,1-3H3. The highest BCUT2D eigenvalue weighted by molar-refractivity contribution is 6.15. The number of ether oxygens (including phenoxy) is 3. The molecule has 1 aromatic carbocycles. The number of carbonyl (C=O) groups is 2. The van der Waals surface area contributed by atoms with E-state index in [0.29, 0.717) is 0 Å². The largest absolute Gasteiger partial charge is 0.460 e. The van der Waals surface area contributed by atoms with Gasteiger partial charge < -0.3 is 14.2 Å². The Hall–Kier alpha value is -3.19. The predicted molar refractivity (Wildman–Crippen MR) is 109 cm³/mol. The van der Waals surface area contributed by atoms with E-state index < -0.39 is 63.7 Å². The molecule has 0 aliphatic rings. The third kappa shape index (κ3) is 5.47. The summed E-state index contributed by atoms with van der Waals surface area (Å²) in [7, 11) is 1.38. The van der Waals surface area contributed by atoms with E-state index in [-0.39, 0.29) is 22.3 Å². The molecule has 0 fully saturated rings. The first-order chi connectivity index (χ1) is 15.8. The Labute approximate surface area is 194 Å². The summed E-state index contributed by atoms with van der Waals surface area (Å²) in [4.78, 5) is 50.1. The number of aromatic nitrogens is 2. The molecule has 0 saturated carbocycles. The minimum atomic E-state index is -5.40. The van der Waals surface area contributed by atoms with Gasteiger partial charge in [0.05, 0.1) is 17.9 Å². The van der Waals surface area contributed by atoms with Gasteiger partial charge in [0.2, 0.25) is 11.4 Å². The van der Waals surface area contributed by atoms with Gasteiger partial charge in [0.1, 0.15) is 12.6 Å². The summed E-state index contributed by atoms with van der Waals surface area (Å²) in [6, 6.07) is 3.46. The number of esters is 2. The molecule has 0 unspecified atom stereocenters. The molecule has 0 N–H and O–H groups in total. The number of halogens is 5. The van der Waals surface area contributed by atoms with E-state index in [1.165, 1.54) is 33.1 Å². The second kappa shape index (κ2) is 10.4. The van der Waals surface area contributed by atoms with E-state index in [1.807, 2.05) is 0 Å². The summed E-state index contributed by atoms with van der Waals surface area (Å²) in [5.41, 5.74) is -8.71. The van der Waals surface area contributed by atoms with Gasteiger partial charge in [-0.15, -0.1) is 11.6 Å². The molecule has 0 atom stereocenters. The number of carbonyl (C=O) groups excluding carboxylic acids is 2. The average molecular weight is 511 g/mol. The van der Waals surface area contributed by atoms with Crippen LogP contribution in [-0.4, -0.2) is 47.0 Å². The third-order valence-corrected chi connectivity index (χ3v) is 4.64. The van der Waals surface area contributed by atoms with Crippen LogP contribution in [0, 0.1) is 5.82 Å². The lowest BCUT2D eigenvalue weighted by Crippen LogP contribution is -2.45. The fourth-order valence-electron chi connectivity index (χ4n) is 2.78. The molecule has 1 aromatic heterocycles.